The fraction of sp³-hybridized carbons (Fsp3) is 0.846. The highest BCUT2D eigenvalue weighted by atomic mass is 14.9. The predicted octanol–water partition coefficient (Wildman–Crippen LogP) is 2.94. The molecule has 2 fully saturated rings. The van der Waals surface area contributed by atoms with Crippen LogP contribution in [0.3, 0.4) is 0 Å². The Hall–Kier alpha value is -0.460. The first-order valence-electron chi connectivity index (χ1n) is 6.35. The molecule has 1 N–H and O–H groups in total. The maximum absolute atomic E-state index is 3.44. The summed E-state index contributed by atoms with van der Waals surface area (Å²) in [4.78, 5) is 0. The second kappa shape index (κ2) is 3.60. The Bertz CT molecular complexity index is 225. The van der Waals surface area contributed by atoms with Gasteiger partial charge in [0, 0.05) is 6.54 Å². The molecule has 3 rings (SSSR count). The molecule has 2 saturated carbocycles. The third-order valence-corrected chi connectivity index (χ3v) is 4.73. The van der Waals surface area contributed by atoms with Crippen molar-refractivity contribution in [2.24, 2.45) is 23.7 Å². The molecule has 0 amide bonds. The highest BCUT2D eigenvalue weighted by molar-refractivity contribution is 5.03. The van der Waals surface area contributed by atoms with Gasteiger partial charge in [-0.25, -0.2) is 0 Å². The van der Waals surface area contributed by atoms with Gasteiger partial charge in [-0.05, 0) is 42.7 Å². The Morgan fingerprint density at radius 1 is 0.929 bits per heavy atom. The summed E-state index contributed by atoms with van der Waals surface area (Å²) in [6, 6.07) is 0. The third kappa shape index (κ3) is 1.37. The van der Waals surface area contributed by atoms with E-state index in [2.05, 4.69) is 17.6 Å². The lowest BCUT2D eigenvalue weighted by atomic mass is 9.62. The third-order valence-electron chi connectivity index (χ3n) is 4.73. The maximum atomic E-state index is 3.44. The molecule has 1 nitrogen and oxygen atoms in total. The number of hydrogen-bond acceptors (Lipinski definition) is 1. The van der Waals surface area contributed by atoms with Crippen molar-refractivity contribution in [1.82, 2.24) is 5.32 Å². The SMILES string of the molecule is C1=CC(C2CCC2)C(C2CCC2)CN1. The lowest BCUT2D eigenvalue weighted by Crippen LogP contribution is -2.41. The summed E-state index contributed by atoms with van der Waals surface area (Å²) in [6.07, 6.45) is 13.7. The minimum absolute atomic E-state index is 0.926. The highest BCUT2D eigenvalue weighted by Gasteiger charge is 2.38. The van der Waals surface area contributed by atoms with E-state index in [0.717, 1.165) is 23.7 Å². The summed E-state index contributed by atoms with van der Waals surface area (Å²) >= 11 is 0. The molecule has 3 aliphatic rings. The Morgan fingerprint density at radius 3 is 2.21 bits per heavy atom. The molecule has 0 bridgehead atoms. The second-order valence-corrected chi connectivity index (χ2v) is 5.39. The molecular formula is C13H21N. The van der Waals surface area contributed by atoms with E-state index < -0.39 is 0 Å². The molecule has 0 radical (unpaired) electrons. The largest absolute Gasteiger partial charge is 0.391 e. The minimum atomic E-state index is 0.926. The Labute approximate surface area is 87.0 Å². The molecule has 1 heteroatoms. The lowest BCUT2D eigenvalue weighted by molar-refractivity contribution is 0.0931. The van der Waals surface area contributed by atoms with Crippen molar-refractivity contribution >= 4 is 0 Å². The van der Waals surface area contributed by atoms with Gasteiger partial charge in [-0.2, -0.15) is 0 Å². The number of rotatable bonds is 2. The predicted molar refractivity (Wildman–Crippen MR) is 58.8 cm³/mol. The van der Waals surface area contributed by atoms with Crippen LogP contribution in [0.25, 0.3) is 0 Å². The van der Waals surface area contributed by atoms with Crippen LogP contribution in [-0.2, 0) is 0 Å². The van der Waals surface area contributed by atoms with Gasteiger partial charge in [0.25, 0.3) is 0 Å². The van der Waals surface area contributed by atoms with E-state index in [1.807, 2.05) is 0 Å². The zero-order valence-electron chi connectivity index (χ0n) is 8.91. The molecule has 1 heterocycles. The van der Waals surface area contributed by atoms with E-state index in [1.54, 1.807) is 0 Å². The van der Waals surface area contributed by atoms with Gasteiger partial charge < -0.3 is 5.32 Å². The van der Waals surface area contributed by atoms with Crippen molar-refractivity contribution < 1.29 is 0 Å². The smallest absolute Gasteiger partial charge is 0.0178 e. The standard InChI is InChI=1S/C13H21N/c1-3-10(4-1)12-7-8-14-9-13(12)11-5-2-6-11/h7-8,10-14H,1-6,9H2. The highest BCUT2D eigenvalue weighted by Crippen LogP contribution is 2.45. The molecule has 2 unspecified atom stereocenters. The Morgan fingerprint density at radius 2 is 1.64 bits per heavy atom. The van der Waals surface area contributed by atoms with Crippen LogP contribution in [0.4, 0.5) is 0 Å². The van der Waals surface area contributed by atoms with E-state index in [1.165, 1.54) is 45.1 Å². The fourth-order valence-corrected chi connectivity index (χ4v) is 3.34. The molecule has 2 atom stereocenters. The summed E-state index contributed by atoms with van der Waals surface area (Å²) < 4.78 is 0. The molecule has 1 aliphatic heterocycles. The van der Waals surface area contributed by atoms with Crippen LogP contribution in [0, 0.1) is 23.7 Å². The first-order valence-corrected chi connectivity index (χ1v) is 6.35. The number of allylic oxidation sites excluding steroid dienone is 1. The van der Waals surface area contributed by atoms with Gasteiger partial charge in [-0.3, -0.25) is 0 Å². The van der Waals surface area contributed by atoms with Gasteiger partial charge in [0.2, 0.25) is 0 Å². The van der Waals surface area contributed by atoms with Crippen molar-refractivity contribution in [3.63, 3.8) is 0 Å². The van der Waals surface area contributed by atoms with Crippen molar-refractivity contribution in [2.45, 2.75) is 38.5 Å². The van der Waals surface area contributed by atoms with Crippen LogP contribution in [0.2, 0.25) is 0 Å². The minimum Gasteiger partial charge on any atom is -0.391 e. The summed E-state index contributed by atoms with van der Waals surface area (Å²) in [5.74, 6) is 3.99. The van der Waals surface area contributed by atoms with Crippen molar-refractivity contribution in [3.8, 4) is 0 Å². The molecular weight excluding hydrogens is 170 g/mol. The van der Waals surface area contributed by atoms with Crippen molar-refractivity contribution in [2.75, 3.05) is 6.54 Å². The Kier molecular flexibility index (Phi) is 2.27. The molecule has 78 valence electrons. The zero-order valence-corrected chi connectivity index (χ0v) is 8.91. The molecule has 0 aromatic carbocycles. The zero-order chi connectivity index (χ0) is 9.38. The summed E-state index contributed by atoms with van der Waals surface area (Å²) in [7, 11) is 0. The van der Waals surface area contributed by atoms with Gasteiger partial charge in [-0.1, -0.05) is 31.8 Å². The second-order valence-electron chi connectivity index (χ2n) is 5.39. The molecule has 0 spiro atoms. The molecule has 2 aliphatic carbocycles. The van der Waals surface area contributed by atoms with Crippen LogP contribution in [-0.4, -0.2) is 6.54 Å². The van der Waals surface area contributed by atoms with Gasteiger partial charge in [-0.15, -0.1) is 0 Å². The maximum Gasteiger partial charge on any atom is 0.0178 e. The van der Waals surface area contributed by atoms with E-state index in [9.17, 15) is 0 Å². The first kappa shape index (κ1) is 8.82. The normalized spacial score (nSPS) is 38.6. The van der Waals surface area contributed by atoms with Gasteiger partial charge in [0.15, 0.2) is 0 Å². The van der Waals surface area contributed by atoms with Crippen LogP contribution < -0.4 is 5.32 Å². The average Bonchev–Trinajstić information content (AvgIpc) is 2.01. The quantitative estimate of drug-likeness (QED) is 0.707. The average molecular weight is 191 g/mol. The summed E-state index contributed by atoms with van der Waals surface area (Å²) in [5, 5.41) is 3.44. The molecule has 0 saturated heterocycles. The number of hydrogen-bond donors (Lipinski definition) is 1. The monoisotopic (exact) mass is 191 g/mol. The van der Waals surface area contributed by atoms with E-state index in [0.29, 0.717) is 0 Å². The van der Waals surface area contributed by atoms with Crippen LogP contribution >= 0.6 is 0 Å². The summed E-state index contributed by atoms with van der Waals surface area (Å²) in [6.45, 7) is 1.25. The fourth-order valence-electron chi connectivity index (χ4n) is 3.34. The van der Waals surface area contributed by atoms with E-state index in [-0.39, 0.29) is 0 Å². The van der Waals surface area contributed by atoms with Gasteiger partial charge in [0.05, 0.1) is 0 Å². The van der Waals surface area contributed by atoms with Crippen LogP contribution in [0.5, 0.6) is 0 Å². The van der Waals surface area contributed by atoms with Crippen molar-refractivity contribution in [1.29, 1.82) is 0 Å². The van der Waals surface area contributed by atoms with E-state index >= 15 is 0 Å². The van der Waals surface area contributed by atoms with Crippen LogP contribution in [0.15, 0.2) is 12.3 Å². The van der Waals surface area contributed by atoms with Gasteiger partial charge >= 0.3 is 0 Å². The summed E-state index contributed by atoms with van der Waals surface area (Å²) in [5.41, 5.74) is 0. The van der Waals surface area contributed by atoms with E-state index in [4.69, 9.17) is 0 Å². The first-order chi connectivity index (χ1) is 6.95. The van der Waals surface area contributed by atoms with Crippen LogP contribution in [0.1, 0.15) is 38.5 Å². The topological polar surface area (TPSA) is 12.0 Å². The lowest BCUT2D eigenvalue weighted by Gasteiger charge is -2.45. The molecule has 14 heavy (non-hydrogen) atoms. The molecule has 0 aromatic rings. The number of nitrogens with one attached hydrogen (secondary N) is 1. The van der Waals surface area contributed by atoms with Gasteiger partial charge in [0.1, 0.15) is 0 Å². The Balaban J connectivity index is 1.69. The molecule has 0 aromatic heterocycles. The van der Waals surface area contributed by atoms with Crippen molar-refractivity contribution in [3.05, 3.63) is 12.3 Å².